The van der Waals surface area contributed by atoms with E-state index in [1.165, 1.54) is 11.3 Å². The van der Waals surface area contributed by atoms with Crippen LogP contribution in [0.25, 0.3) is 10.9 Å². The molecule has 6 heteroatoms. The number of ether oxygens (including phenoxy) is 1. The molecule has 1 amide bonds. The second kappa shape index (κ2) is 6.20. The SMILES string of the molecule is COc1ccc2cc(C(=O)NC[C@@](O)(c3cccs3)C3CC3)[nH]c2c1. The minimum atomic E-state index is -0.973. The summed E-state index contributed by atoms with van der Waals surface area (Å²) in [5.74, 6) is 0.742. The number of hydrogen-bond acceptors (Lipinski definition) is 4. The predicted molar refractivity (Wildman–Crippen MR) is 98.1 cm³/mol. The van der Waals surface area contributed by atoms with Crippen LogP contribution in [-0.2, 0) is 5.60 Å². The summed E-state index contributed by atoms with van der Waals surface area (Å²) in [7, 11) is 1.61. The van der Waals surface area contributed by atoms with Crippen LogP contribution in [0.5, 0.6) is 5.75 Å². The lowest BCUT2D eigenvalue weighted by Crippen LogP contribution is -2.42. The van der Waals surface area contributed by atoms with Crippen LogP contribution in [0.1, 0.15) is 28.2 Å². The van der Waals surface area contributed by atoms with Crippen LogP contribution >= 0.6 is 11.3 Å². The van der Waals surface area contributed by atoms with Crippen molar-refractivity contribution < 1.29 is 14.6 Å². The molecule has 1 aliphatic carbocycles. The lowest BCUT2D eigenvalue weighted by Gasteiger charge is -2.27. The van der Waals surface area contributed by atoms with E-state index in [0.717, 1.165) is 34.4 Å². The number of methoxy groups -OCH3 is 1. The van der Waals surface area contributed by atoms with Gasteiger partial charge in [-0.25, -0.2) is 0 Å². The molecule has 0 bridgehead atoms. The van der Waals surface area contributed by atoms with Gasteiger partial charge in [-0.2, -0.15) is 0 Å². The number of carbonyl (C=O) groups is 1. The topological polar surface area (TPSA) is 74.3 Å². The Kier molecular flexibility index (Phi) is 4.01. The van der Waals surface area contributed by atoms with E-state index in [2.05, 4.69) is 10.3 Å². The van der Waals surface area contributed by atoms with Gasteiger partial charge in [-0.05, 0) is 48.4 Å². The highest BCUT2D eigenvalue weighted by Gasteiger charge is 2.46. The van der Waals surface area contributed by atoms with Crippen LogP contribution < -0.4 is 10.1 Å². The van der Waals surface area contributed by atoms with E-state index in [4.69, 9.17) is 4.74 Å². The number of rotatable bonds is 6. The Labute approximate surface area is 149 Å². The van der Waals surface area contributed by atoms with Gasteiger partial charge in [0.1, 0.15) is 17.0 Å². The number of fused-ring (bicyclic) bond motifs is 1. The quantitative estimate of drug-likeness (QED) is 0.635. The summed E-state index contributed by atoms with van der Waals surface area (Å²) in [6.07, 6.45) is 1.99. The average Bonchev–Trinajstić information content (AvgIpc) is 3.18. The van der Waals surface area contributed by atoms with Crippen LogP contribution in [0, 0.1) is 5.92 Å². The number of carbonyl (C=O) groups excluding carboxylic acids is 1. The minimum absolute atomic E-state index is 0.217. The predicted octanol–water partition coefficient (Wildman–Crippen LogP) is 3.27. The van der Waals surface area contributed by atoms with E-state index >= 15 is 0 Å². The average molecular weight is 356 g/mol. The second-order valence-electron chi connectivity index (χ2n) is 6.49. The van der Waals surface area contributed by atoms with Gasteiger partial charge >= 0.3 is 0 Å². The van der Waals surface area contributed by atoms with Gasteiger partial charge in [-0.3, -0.25) is 4.79 Å². The van der Waals surface area contributed by atoms with Crippen LogP contribution in [0.15, 0.2) is 41.8 Å². The van der Waals surface area contributed by atoms with E-state index in [1.54, 1.807) is 7.11 Å². The molecule has 1 aromatic carbocycles. The molecule has 0 spiro atoms. The van der Waals surface area contributed by atoms with Crippen molar-refractivity contribution in [2.24, 2.45) is 5.92 Å². The number of aliphatic hydroxyl groups is 1. The van der Waals surface area contributed by atoms with Crippen molar-refractivity contribution in [3.63, 3.8) is 0 Å². The number of thiophene rings is 1. The Morgan fingerprint density at radius 1 is 1.40 bits per heavy atom. The summed E-state index contributed by atoms with van der Waals surface area (Å²) in [5, 5.41) is 16.9. The molecule has 4 rings (SSSR count). The van der Waals surface area contributed by atoms with Gasteiger partial charge in [0.05, 0.1) is 13.7 Å². The molecule has 3 N–H and O–H groups in total. The van der Waals surface area contributed by atoms with Gasteiger partial charge < -0.3 is 20.1 Å². The van der Waals surface area contributed by atoms with Gasteiger partial charge in [0.25, 0.3) is 5.91 Å². The molecule has 1 atom stereocenters. The highest BCUT2D eigenvalue weighted by Crippen LogP contribution is 2.46. The molecule has 3 aromatic rings. The third-order valence-electron chi connectivity index (χ3n) is 4.79. The number of hydrogen-bond donors (Lipinski definition) is 3. The van der Waals surface area contributed by atoms with E-state index in [1.807, 2.05) is 41.8 Å². The normalized spacial score (nSPS) is 16.6. The van der Waals surface area contributed by atoms with Crippen molar-refractivity contribution in [3.8, 4) is 5.75 Å². The summed E-state index contributed by atoms with van der Waals surface area (Å²) >= 11 is 1.53. The van der Waals surface area contributed by atoms with Crippen LogP contribution in [0.3, 0.4) is 0 Å². The zero-order chi connectivity index (χ0) is 17.4. The molecular formula is C19H20N2O3S. The molecule has 0 saturated heterocycles. The van der Waals surface area contributed by atoms with Gasteiger partial charge in [0.2, 0.25) is 0 Å². The van der Waals surface area contributed by atoms with E-state index < -0.39 is 5.60 Å². The maximum atomic E-state index is 12.5. The number of amides is 1. The van der Waals surface area contributed by atoms with Crippen LogP contribution in [-0.4, -0.2) is 29.7 Å². The Balaban J connectivity index is 1.51. The first-order chi connectivity index (χ1) is 12.1. The smallest absolute Gasteiger partial charge is 0.267 e. The Morgan fingerprint density at radius 3 is 2.92 bits per heavy atom. The number of aromatic amines is 1. The molecule has 130 valence electrons. The molecule has 0 unspecified atom stereocenters. The fourth-order valence-electron chi connectivity index (χ4n) is 3.18. The molecule has 1 saturated carbocycles. The van der Waals surface area contributed by atoms with E-state index in [-0.39, 0.29) is 18.4 Å². The molecule has 2 heterocycles. The summed E-state index contributed by atoms with van der Waals surface area (Å²) in [4.78, 5) is 16.6. The van der Waals surface area contributed by atoms with Gasteiger partial charge in [-0.15, -0.1) is 11.3 Å². The maximum absolute atomic E-state index is 12.5. The van der Waals surface area contributed by atoms with Crippen molar-refractivity contribution in [1.82, 2.24) is 10.3 Å². The highest BCUT2D eigenvalue weighted by molar-refractivity contribution is 7.10. The van der Waals surface area contributed by atoms with Gasteiger partial charge in [0.15, 0.2) is 0 Å². The highest BCUT2D eigenvalue weighted by atomic mass is 32.1. The van der Waals surface area contributed by atoms with Crippen molar-refractivity contribution in [3.05, 3.63) is 52.3 Å². The molecule has 5 nitrogen and oxygen atoms in total. The molecular weight excluding hydrogens is 336 g/mol. The largest absolute Gasteiger partial charge is 0.497 e. The third kappa shape index (κ3) is 3.03. The first kappa shape index (κ1) is 16.2. The lowest BCUT2D eigenvalue weighted by molar-refractivity contribution is 0.0169. The number of H-pyrrole nitrogens is 1. The van der Waals surface area contributed by atoms with E-state index in [9.17, 15) is 9.90 Å². The van der Waals surface area contributed by atoms with Crippen molar-refractivity contribution in [2.75, 3.05) is 13.7 Å². The molecule has 25 heavy (non-hydrogen) atoms. The van der Waals surface area contributed by atoms with Gasteiger partial charge in [0, 0.05) is 21.8 Å². The zero-order valence-corrected chi connectivity index (χ0v) is 14.7. The first-order valence-corrected chi connectivity index (χ1v) is 9.19. The molecule has 1 aliphatic rings. The second-order valence-corrected chi connectivity index (χ2v) is 7.44. The molecule has 1 fully saturated rings. The van der Waals surface area contributed by atoms with Crippen molar-refractivity contribution >= 4 is 28.1 Å². The van der Waals surface area contributed by atoms with Crippen molar-refractivity contribution in [2.45, 2.75) is 18.4 Å². The summed E-state index contributed by atoms with van der Waals surface area (Å²) in [6, 6.07) is 11.3. The third-order valence-corrected chi connectivity index (χ3v) is 5.83. The lowest BCUT2D eigenvalue weighted by atomic mass is 9.95. The standard InChI is InChI=1S/C19H20N2O3S/c1-24-14-7-4-12-9-16(21-15(12)10-14)18(22)20-11-19(23,13-5-6-13)17-3-2-8-25-17/h2-4,7-10,13,21,23H,5-6,11H2,1H3,(H,20,22)/t19-/m0/s1. The maximum Gasteiger partial charge on any atom is 0.267 e. The molecule has 0 radical (unpaired) electrons. The van der Waals surface area contributed by atoms with Crippen LogP contribution in [0.4, 0.5) is 0 Å². The van der Waals surface area contributed by atoms with Gasteiger partial charge in [-0.1, -0.05) is 6.07 Å². The van der Waals surface area contributed by atoms with Crippen LogP contribution in [0.2, 0.25) is 0 Å². The van der Waals surface area contributed by atoms with Crippen molar-refractivity contribution in [1.29, 1.82) is 0 Å². The number of aromatic nitrogens is 1. The summed E-state index contributed by atoms with van der Waals surface area (Å²) in [6.45, 7) is 0.218. The number of nitrogens with one attached hydrogen (secondary N) is 2. The fourth-order valence-corrected chi connectivity index (χ4v) is 4.09. The Morgan fingerprint density at radius 2 is 2.24 bits per heavy atom. The summed E-state index contributed by atoms with van der Waals surface area (Å²) < 4.78 is 5.21. The van der Waals surface area contributed by atoms with E-state index in [0.29, 0.717) is 5.69 Å². The summed E-state index contributed by atoms with van der Waals surface area (Å²) in [5.41, 5.74) is 0.354. The fraction of sp³-hybridized carbons (Fsp3) is 0.316. The zero-order valence-electron chi connectivity index (χ0n) is 13.9. The molecule has 0 aliphatic heterocycles. The Hall–Kier alpha value is -2.31. The Bertz CT molecular complexity index is 899. The monoisotopic (exact) mass is 356 g/mol. The minimum Gasteiger partial charge on any atom is -0.497 e. The molecule has 2 aromatic heterocycles. The first-order valence-electron chi connectivity index (χ1n) is 8.31. The number of benzene rings is 1.